The van der Waals surface area contributed by atoms with Crippen molar-refractivity contribution in [2.75, 3.05) is 0 Å². The van der Waals surface area contributed by atoms with Crippen LogP contribution < -0.4 is 11.2 Å². The summed E-state index contributed by atoms with van der Waals surface area (Å²) < 4.78 is 18.2. The fourth-order valence-electron chi connectivity index (χ4n) is 3.24. The minimum absolute atomic E-state index is 0.295. The number of aromatic nitrogens is 4. The molecule has 0 amide bonds. The van der Waals surface area contributed by atoms with Crippen LogP contribution in [0.25, 0.3) is 11.2 Å². The molecule has 0 bridgehead atoms. The van der Waals surface area contributed by atoms with Crippen LogP contribution in [0.3, 0.4) is 0 Å². The summed E-state index contributed by atoms with van der Waals surface area (Å²) in [4.78, 5) is 28.7. The van der Waals surface area contributed by atoms with Gasteiger partial charge in [-0.15, -0.1) is 0 Å². The van der Waals surface area contributed by atoms with Crippen LogP contribution in [0.5, 0.6) is 0 Å². The van der Waals surface area contributed by atoms with Crippen LogP contribution >= 0.6 is 0 Å². The van der Waals surface area contributed by atoms with Gasteiger partial charge in [0.15, 0.2) is 11.2 Å². The van der Waals surface area contributed by atoms with E-state index in [1.54, 1.807) is 18.7 Å². The van der Waals surface area contributed by atoms with E-state index < -0.39 is 11.9 Å². The summed E-state index contributed by atoms with van der Waals surface area (Å²) in [5.74, 6) is 0.270. The van der Waals surface area contributed by atoms with Gasteiger partial charge in [-0.1, -0.05) is 12.8 Å². The molecule has 1 fully saturated rings. The number of fused-ring (bicyclic) bond motifs is 1. The quantitative estimate of drug-likeness (QED) is 0.787. The summed E-state index contributed by atoms with van der Waals surface area (Å²) in [5.41, 5.74) is -0.121. The van der Waals surface area contributed by atoms with Crippen LogP contribution in [-0.4, -0.2) is 24.9 Å². The third-order valence-electron chi connectivity index (χ3n) is 4.52. The van der Waals surface area contributed by atoms with Gasteiger partial charge in [0.25, 0.3) is 5.56 Å². The number of halogens is 1. The minimum atomic E-state index is -0.935. The monoisotopic (exact) mass is 294 g/mol. The fourth-order valence-corrected chi connectivity index (χ4v) is 3.24. The molecule has 6 nitrogen and oxygen atoms in total. The maximum atomic E-state index is 14.2. The number of hydrogen-bond acceptors (Lipinski definition) is 3. The predicted octanol–water partition coefficient (Wildman–Crippen LogP) is 0.966. The summed E-state index contributed by atoms with van der Waals surface area (Å²) in [6.07, 6.45) is 2.18. The second kappa shape index (κ2) is 4.82. The lowest BCUT2D eigenvalue weighted by Gasteiger charge is -2.25. The van der Waals surface area contributed by atoms with Crippen molar-refractivity contribution in [1.82, 2.24) is 18.7 Å². The van der Waals surface area contributed by atoms with Crippen LogP contribution in [0.1, 0.15) is 37.4 Å². The Morgan fingerprint density at radius 3 is 2.38 bits per heavy atom. The smallest absolute Gasteiger partial charge is 0.325 e. The first-order valence-corrected chi connectivity index (χ1v) is 7.20. The molecule has 21 heavy (non-hydrogen) atoms. The van der Waals surface area contributed by atoms with Gasteiger partial charge < -0.3 is 4.57 Å². The van der Waals surface area contributed by atoms with Crippen LogP contribution in [0.2, 0.25) is 0 Å². The van der Waals surface area contributed by atoms with E-state index >= 15 is 0 Å². The van der Waals surface area contributed by atoms with Gasteiger partial charge >= 0.3 is 5.69 Å². The molecule has 2 aromatic heterocycles. The molecule has 2 atom stereocenters. The molecule has 0 unspecified atom stereocenters. The van der Waals surface area contributed by atoms with Gasteiger partial charge in [-0.2, -0.15) is 0 Å². The van der Waals surface area contributed by atoms with E-state index in [0.29, 0.717) is 23.4 Å². The van der Waals surface area contributed by atoms with Crippen LogP contribution in [-0.2, 0) is 21.1 Å². The molecule has 0 N–H and O–H groups in total. The largest absolute Gasteiger partial charge is 0.332 e. The summed E-state index contributed by atoms with van der Waals surface area (Å²) in [7, 11) is 4.74. The average molecular weight is 294 g/mol. The zero-order valence-electron chi connectivity index (χ0n) is 12.5. The zero-order chi connectivity index (χ0) is 15.3. The molecule has 2 aromatic rings. The minimum Gasteiger partial charge on any atom is -0.325 e. The number of rotatable bonds is 1. The summed E-state index contributed by atoms with van der Waals surface area (Å²) in [6.45, 7) is 0. The Bertz CT molecular complexity index is 817. The van der Waals surface area contributed by atoms with Crippen molar-refractivity contribution in [3.8, 4) is 0 Å². The van der Waals surface area contributed by atoms with E-state index in [9.17, 15) is 14.0 Å². The highest BCUT2D eigenvalue weighted by Gasteiger charge is 2.31. The van der Waals surface area contributed by atoms with Gasteiger partial charge in [0.1, 0.15) is 12.0 Å². The first-order valence-electron chi connectivity index (χ1n) is 7.20. The standard InChI is InChI=1S/C14H19FN4O2/c1-17-10-12(18(2)14(21)19(3)13(10)20)16-11(17)8-6-4-5-7-9(8)15/h8-9H,4-7H2,1-3H3/t8-,9-/m1/s1. The molecule has 1 aliphatic carbocycles. The van der Waals surface area contributed by atoms with E-state index in [-0.39, 0.29) is 11.5 Å². The molecule has 3 rings (SSSR count). The van der Waals surface area contributed by atoms with Crippen LogP contribution in [0.15, 0.2) is 9.59 Å². The first kappa shape index (κ1) is 14.0. The van der Waals surface area contributed by atoms with E-state index in [1.807, 2.05) is 0 Å². The Labute approximate surface area is 120 Å². The summed E-state index contributed by atoms with van der Waals surface area (Å²) in [5, 5.41) is 0. The van der Waals surface area contributed by atoms with Crippen molar-refractivity contribution in [2.24, 2.45) is 21.1 Å². The maximum absolute atomic E-state index is 14.2. The molecule has 1 aliphatic rings. The van der Waals surface area contributed by atoms with E-state index in [0.717, 1.165) is 23.8 Å². The van der Waals surface area contributed by atoms with Gasteiger partial charge in [0.05, 0.1) is 0 Å². The van der Waals surface area contributed by atoms with E-state index in [2.05, 4.69) is 4.98 Å². The molecule has 0 radical (unpaired) electrons. The highest BCUT2D eigenvalue weighted by molar-refractivity contribution is 5.71. The number of nitrogens with zero attached hydrogens (tertiary/aromatic N) is 4. The van der Waals surface area contributed by atoms with Gasteiger partial charge in [-0.05, 0) is 12.8 Å². The predicted molar refractivity (Wildman–Crippen MR) is 77.3 cm³/mol. The van der Waals surface area contributed by atoms with E-state index in [4.69, 9.17) is 0 Å². The van der Waals surface area contributed by atoms with Gasteiger partial charge in [-0.25, -0.2) is 14.2 Å². The highest BCUT2D eigenvalue weighted by Crippen LogP contribution is 2.35. The number of imidazole rings is 1. The molecular weight excluding hydrogens is 275 g/mol. The molecule has 0 spiro atoms. The summed E-state index contributed by atoms with van der Waals surface area (Å²) >= 11 is 0. The molecule has 2 heterocycles. The van der Waals surface area contributed by atoms with E-state index in [1.165, 1.54) is 11.6 Å². The second-order valence-electron chi connectivity index (χ2n) is 5.81. The number of aryl methyl sites for hydroxylation is 2. The zero-order valence-corrected chi connectivity index (χ0v) is 12.5. The van der Waals surface area contributed by atoms with Crippen molar-refractivity contribution in [3.05, 3.63) is 26.7 Å². The lowest BCUT2D eigenvalue weighted by molar-refractivity contribution is 0.208. The normalized spacial score (nSPS) is 22.9. The Kier molecular flexibility index (Phi) is 3.22. The molecule has 0 aliphatic heterocycles. The lowest BCUT2D eigenvalue weighted by atomic mass is 9.87. The van der Waals surface area contributed by atoms with Crippen molar-refractivity contribution >= 4 is 11.2 Å². The molecule has 1 saturated carbocycles. The van der Waals surface area contributed by atoms with Gasteiger partial charge in [-0.3, -0.25) is 13.9 Å². The van der Waals surface area contributed by atoms with Crippen molar-refractivity contribution < 1.29 is 4.39 Å². The number of alkyl halides is 1. The third kappa shape index (κ3) is 1.94. The fraction of sp³-hybridized carbons (Fsp3) is 0.643. The Morgan fingerprint density at radius 2 is 1.71 bits per heavy atom. The second-order valence-corrected chi connectivity index (χ2v) is 5.81. The molecule has 0 saturated heterocycles. The Balaban J connectivity index is 2.30. The Morgan fingerprint density at radius 1 is 1.05 bits per heavy atom. The molecular formula is C14H19FN4O2. The van der Waals surface area contributed by atoms with Crippen molar-refractivity contribution in [1.29, 1.82) is 0 Å². The average Bonchev–Trinajstić information content (AvgIpc) is 2.81. The van der Waals surface area contributed by atoms with Gasteiger partial charge in [0, 0.05) is 27.1 Å². The highest BCUT2D eigenvalue weighted by atomic mass is 19.1. The SMILES string of the molecule is Cn1c(=O)c2c(nc([C@@H]3CCCC[C@H]3F)n2C)n(C)c1=O. The number of hydrogen-bond donors (Lipinski definition) is 0. The van der Waals surface area contributed by atoms with Crippen molar-refractivity contribution in [3.63, 3.8) is 0 Å². The Hall–Kier alpha value is -1.92. The topological polar surface area (TPSA) is 61.8 Å². The van der Waals surface area contributed by atoms with Gasteiger partial charge in [0.2, 0.25) is 0 Å². The molecule has 0 aromatic carbocycles. The maximum Gasteiger partial charge on any atom is 0.332 e. The van der Waals surface area contributed by atoms with Crippen LogP contribution in [0.4, 0.5) is 4.39 Å². The molecule has 114 valence electrons. The lowest BCUT2D eigenvalue weighted by Crippen LogP contribution is -2.37. The third-order valence-corrected chi connectivity index (χ3v) is 4.52. The summed E-state index contributed by atoms with van der Waals surface area (Å²) in [6, 6.07) is 0. The van der Waals surface area contributed by atoms with Crippen molar-refractivity contribution in [2.45, 2.75) is 37.8 Å². The molecule has 7 heteroatoms. The van der Waals surface area contributed by atoms with Crippen LogP contribution in [0, 0.1) is 0 Å². The first-order chi connectivity index (χ1) is 9.93.